The van der Waals surface area contributed by atoms with Gasteiger partial charge in [0.1, 0.15) is 11.4 Å². The summed E-state index contributed by atoms with van der Waals surface area (Å²) in [6, 6.07) is 11.1. The Bertz CT molecular complexity index is 1230. The fraction of sp³-hybridized carbons (Fsp3) is 0.238. The lowest BCUT2D eigenvalue weighted by molar-refractivity contribution is 0.0558. The van der Waals surface area contributed by atoms with Gasteiger partial charge in [0.05, 0.1) is 18.7 Å². The molecule has 1 amide bonds. The monoisotopic (exact) mass is 417 g/mol. The molecule has 156 valence electrons. The van der Waals surface area contributed by atoms with Gasteiger partial charge in [-0.05, 0) is 24.3 Å². The lowest BCUT2D eigenvalue weighted by Crippen LogP contribution is -2.49. The maximum Gasteiger partial charge on any atom is 0.272 e. The highest BCUT2D eigenvalue weighted by Crippen LogP contribution is 2.31. The summed E-state index contributed by atoms with van der Waals surface area (Å²) < 4.78 is 12.4. The van der Waals surface area contributed by atoms with E-state index in [0.717, 1.165) is 5.56 Å². The first kappa shape index (κ1) is 18.9. The number of carbonyl (C=O) groups is 1. The Balaban J connectivity index is 1.29. The highest BCUT2D eigenvalue weighted by Gasteiger charge is 2.37. The topological polar surface area (TPSA) is 112 Å². The molecule has 4 heterocycles. The largest absolute Gasteiger partial charge is 0.496 e. The first-order valence-corrected chi connectivity index (χ1v) is 9.71. The van der Waals surface area contributed by atoms with Gasteiger partial charge in [0.2, 0.25) is 17.5 Å². The van der Waals surface area contributed by atoms with Gasteiger partial charge in [0.25, 0.3) is 5.91 Å². The number of aryl methyl sites for hydroxylation is 1. The van der Waals surface area contributed by atoms with E-state index < -0.39 is 0 Å². The second kappa shape index (κ2) is 7.63. The van der Waals surface area contributed by atoms with Crippen molar-refractivity contribution in [1.29, 1.82) is 0 Å². The van der Waals surface area contributed by atoms with Crippen LogP contribution >= 0.6 is 0 Å². The van der Waals surface area contributed by atoms with Crippen molar-refractivity contribution in [3.05, 3.63) is 60.4 Å². The quantitative estimate of drug-likeness (QED) is 0.486. The number of carbonyl (C=O) groups excluding carboxylic acids is 1. The van der Waals surface area contributed by atoms with Gasteiger partial charge in [0.15, 0.2) is 0 Å². The van der Waals surface area contributed by atoms with Crippen LogP contribution in [0, 0.1) is 0 Å². The van der Waals surface area contributed by atoms with Crippen LogP contribution in [0.3, 0.4) is 0 Å². The molecule has 0 atom stereocenters. The lowest BCUT2D eigenvalue weighted by atomic mass is 9.99. The number of methoxy groups -OCH3 is 1. The zero-order valence-corrected chi connectivity index (χ0v) is 17.0. The molecule has 10 nitrogen and oxygen atoms in total. The summed E-state index contributed by atoms with van der Waals surface area (Å²) in [7, 11) is 3.37. The van der Waals surface area contributed by atoms with Gasteiger partial charge in [-0.1, -0.05) is 17.3 Å². The normalized spacial score (nSPS) is 13.8. The number of hydrogen-bond donors (Lipinski definition) is 0. The number of nitrogens with zero attached hydrogens (tertiary/aromatic N) is 7. The van der Waals surface area contributed by atoms with Crippen molar-refractivity contribution < 1.29 is 14.1 Å². The van der Waals surface area contributed by atoms with E-state index in [0.29, 0.717) is 47.8 Å². The average Bonchev–Trinajstić information content (AvgIpc) is 3.40. The number of hydrogen-bond acceptors (Lipinski definition) is 8. The molecule has 31 heavy (non-hydrogen) atoms. The van der Waals surface area contributed by atoms with Crippen LogP contribution in [0.4, 0.5) is 0 Å². The molecule has 0 spiro atoms. The van der Waals surface area contributed by atoms with Crippen LogP contribution in [0.25, 0.3) is 22.9 Å². The summed E-state index contributed by atoms with van der Waals surface area (Å²) in [4.78, 5) is 27.3. The molecule has 1 saturated heterocycles. The summed E-state index contributed by atoms with van der Waals surface area (Å²) in [5, 5.41) is 8.44. The minimum Gasteiger partial charge on any atom is -0.496 e. The molecule has 1 fully saturated rings. The van der Waals surface area contributed by atoms with Gasteiger partial charge < -0.3 is 14.2 Å². The summed E-state index contributed by atoms with van der Waals surface area (Å²) in [6.45, 7) is 0.983. The molecule has 0 unspecified atom stereocenters. The highest BCUT2D eigenvalue weighted by atomic mass is 16.5. The fourth-order valence-electron chi connectivity index (χ4n) is 3.52. The van der Waals surface area contributed by atoms with Crippen LogP contribution in [0.15, 0.2) is 53.3 Å². The minimum atomic E-state index is -0.0986. The van der Waals surface area contributed by atoms with Gasteiger partial charge >= 0.3 is 0 Å². The Morgan fingerprint density at radius 3 is 2.68 bits per heavy atom. The third-order valence-corrected chi connectivity index (χ3v) is 5.21. The van der Waals surface area contributed by atoms with Gasteiger partial charge in [-0.25, -0.2) is 9.97 Å². The standard InChI is InChI=1S/C21H19N7O3/c1-27-16(10-15(25-27)14-6-3-4-7-17(14)30-2)21(29)28-11-13(12-28)20-24-19(26-31-20)18-22-8-5-9-23-18/h3-10,13H,11-12H2,1-2H3. The van der Waals surface area contributed by atoms with E-state index >= 15 is 0 Å². The number of para-hydroxylation sites is 1. The number of aromatic nitrogens is 6. The van der Waals surface area contributed by atoms with E-state index in [1.807, 2.05) is 24.3 Å². The Morgan fingerprint density at radius 1 is 1.13 bits per heavy atom. The zero-order chi connectivity index (χ0) is 21.4. The first-order valence-electron chi connectivity index (χ1n) is 9.71. The van der Waals surface area contributed by atoms with E-state index in [4.69, 9.17) is 9.26 Å². The predicted molar refractivity (Wildman–Crippen MR) is 109 cm³/mol. The molecular formula is C21H19N7O3. The SMILES string of the molecule is COc1ccccc1-c1cc(C(=O)N2CC(c3nc(-c4ncccn4)no3)C2)n(C)n1. The van der Waals surface area contributed by atoms with Crippen molar-refractivity contribution in [1.82, 2.24) is 34.8 Å². The van der Waals surface area contributed by atoms with E-state index in [-0.39, 0.29) is 11.8 Å². The van der Waals surface area contributed by atoms with E-state index in [1.165, 1.54) is 0 Å². The van der Waals surface area contributed by atoms with Gasteiger partial charge in [-0.3, -0.25) is 9.48 Å². The Kier molecular flexibility index (Phi) is 4.66. The Hall–Kier alpha value is -4.08. The lowest BCUT2D eigenvalue weighted by Gasteiger charge is -2.36. The molecule has 3 aromatic heterocycles. The number of likely N-dealkylation sites (tertiary alicyclic amines) is 1. The molecule has 5 rings (SSSR count). The molecule has 0 saturated carbocycles. The Labute approximate surface area is 177 Å². The molecule has 0 aliphatic carbocycles. The second-order valence-corrected chi connectivity index (χ2v) is 7.17. The third-order valence-electron chi connectivity index (χ3n) is 5.21. The summed E-state index contributed by atoms with van der Waals surface area (Å²) >= 11 is 0. The Morgan fingerprint density at radius 2 is 1.90 bits per heavy atom. The molecule has 10 heteroatoms. The number of amides is 1. The smallest absolute Gasteiger partial charge is 0.272 e. The van der Waals surface area contributed by atoms with Crippen LogP contribution in [0.2, 0.25) is 0 Å². The average molecular weight is 417 g/mol. The zero-order valence-electron chi connectivity index (χ0n) is 17.0. The summed E-state index contributed by atoms with van der Waals surface area (Å²) in [5.41, 5.74) is 2.02. The molecular weight excluding hydrogens is 398 g/mol. The molecule has 0 N–H and O–H groups in total. The molecule has 1 aliphatic heterocycles. The van der Waals surface area contributed by atoms with Crippen LogP contribution in [0.5, 0.6) is 5.75 Å². The van der Waals surface area contributed by atoms with E-state index in [1.54, 1.807) is 48.3 Å². The van der Waals surface area contributed by atoms with Crippen molar-refractivity contribution in [3.63, 3.8) is 0 Å². The third kappa shape index (κ3) is 3.41. The van der Waals surface area contributed by atoms with Crippen LogP contribution in [-0.4, -0.2) is 60.9 Å². The maximum absolute atomic E-state index is 13.0. The van der Waals surface area contributed by atoms with Crippen molar-refractivity contribution in [2.45, 2.75) is 5.92 Å². The van der Waals surface area contributed by atoms with E-state index in [2.05, 4.69) is 25.2 Å². The van der Waals surface area contributed by atoms with Gasteiger partial charge in [0, 0.05) is 38.1 Å². The minimum absolute atomic E-state index is 0.0178. The molecule has 1 aliphatic rings. The van der Waals surface area contributed by atoms with Crippen LogP contribution in [-0.2, 0) is 7.05 Å². The number of rotatable bonds is 5. The van der Waals surface area contributed by atoms with Crippen molar-refractivity contribution >= 4 is 5.91 Å². The number of benzene rings is 1. The summed E-state index contributed by atoms with van der Waals surface area (Å²) in [6.07, 6.45) is 3.24. The first-order chi connectivity index (χ1) is 15.1. The van der Waals surface area contributed by atoms with Gasteiger partial charge in [-0.2, -0.15) is 10.1 Å². The van der Waals surface area contributed by atoms with Crippen LogP contribution < -0.4 is 4.74 Å². The molecule has 0 bridgehead atoms. The van der Waals surface area contributed by atoms with Gasteiger partial charge in [-0.15, -0.1) is 0 Å². The number of ether oxygens (including phenoxy) is 1. The summed E-state index contributed by atoms with van der Waals surface area (Å²) in [5.74, 6) is 1.82. The van der Waals surface area contributed by atoms with Crippen LogP contribution in [0.1, 0.15) is 22.3 Å². The highest BCUT2D eigenvalue weighted by molar-refractivity contribution is 5.94. The van der Waals surface area contributed by atoms with Crippen molar-refractivity contribution in [2.75, 3.05) is 20.2 Å². The fourth-order valence-corrected chi connectivity index (χ4v) is 3.52. The molecule has 1 aromatic carbocycles. The second-order valence-electron chi connectivity index (χ2n) is 7.17. The van der Waals surface area contributed by atoms with E-state index in [9.17, 15) is 4.79 Å². The van der Waals surface area contributed by atoms with Crippen molar-refractivity contribution in [3.8, 4) is 28.7 Å². The maximum atomic E-state index is 13.0. The predicted octanol–water partition coefficient (Wildman–Crippen LogP) is 2.18. The molecule has 0 radical (unpaired) electrons. The van der Waals surface area contributed by atoms with Crippen molar-refractivity contribution in [2.24, 2.45) is 7.05 Å². The molecule has 4 aromatic rings.